The van der Waals surface area contributed by atoms with Crippen LogP contribution in [-0.4, -0.2) is 72.8 Å². The van der Waals surface area contributed by atoms with Crippen molar-refractivity contribution in [1.29, 1.82) is 0 Å². The molecule has 2 atom stereocenters. The van der Waals surface area contributed by atoms with E-state index < -0.39 is 5.60 Å². The van der Waals surface area contributed by atoms with E-state index >= 15 is 0 Å². The molecule has 2 amide bonds. The molecule has 0 radical (unpaired) electrons. The van der Waals surface area contributed by atoms with Crippen LogP contribution in [0.1, 0.15) is 27.2 Å². The molecule has 2 heterocycles. The Bertz CT molecular complexity index is 416. The summed E-state index contributed by atoms with van der Waals surface area (Å²) in [6.07, 6.45) is 0.421. The fourth-order valence-electron chi connectivity index (χ4n) is 2.80. The molecular weight excluding hydrogens is 286 g/mol. The van der Waals surface area contributed by atoms with E-state index in [0.29, 0.717) is 39.4 Å². The van der Waals surface area contributed by atoms with Crippen LogP contribution in [0.25, 0.3) is 0 Å². The third-order valence-electron chi connectivity index (χ3n) is 3.97. The van der Waals surface area contributed by atoms with E-state index in [9.17, 15) is 9.59 Å². The smallest absolute Gasteiger partial charge is 0.410 e. The Labute approximate surface area is 131 Å². The largest absolute Gasteiger partial charge is 0.444 e. The van der Waals surface area contributed by atoms with Gasteiger partial charge in [0.15, 0.2) is 0 Å². The topological polar surface area (TPSA) is 85.1 Å². The number of hydrogen-bond acceptors (Lipinski definition) is 5. The van der Waals surface area contributed by atoms with Gasteiger partial charge in [-0.15, -0.1) is 0 Å². The zero-order valence-corrected chi connectivity index (χ0v) is 13.7. The maximum Gasteiger partial charge on any atom is 0.410 e. The van der Waals surface area contributed by atoms with E-state index in [1.54, 1.807) is 9.80 Å². The first-order valence-corrected chi connectivity index (χ1v) is 7.88. The quantitative estimate of drug-likeness (QED) is 0.799. The molecule has 2 N–H and O–H groups in total. The van der Waals surface area contributed by atoms with E-state index in [4.69, 9.17) is 15.2 Å². The molecule has 126 valence electrons. The van der Waals surface area contributed by atoms with Gasteiger partial charge in [0.2, 0.25) is 5.91 Å². The van der Waals surface area contributed by atoms with Crippen LogP contribution >= 0.6 is 0 Å². The second kappa shape index (κ2) is 6.83. The minimum absolute atomic E-state index is 0.0675. The van der Waals surface area contributed by atoms with Gasteiger partial charge in [-0.3, -0.25) is 4.79 Å². The second-order valence-corrected chi connectivity index (χ2v) is 6.91. The Kier molecular flexibility index (Phi) is 5.28. The van der Waals surface area contributed by atoms with Gasteiger partial charge >= 0.3 is 6.09 Å². The van der Waals surface area contributed by atoms with Gasteiger partial charge in [0.25, 0.3) is 0 Å². The van der Waals surface area contributed by atoms with E-state index in [-0.39, 0.29) is 24.0 Å². The average molecular weight is 313 g/mol. The lowest BCUT2D eigenvalue weighted by atomic mass is 10.0. The Morgan fingerprint density at radius 3 is 2.59 bits per heavy atom. The molecule has 2 fully saturated rings. The molecule has 0 aromatic heterocycles. The van der Waals surface area contributed by atoms with E-state index in [1.165, 1.54) is 0 Å². The molecule has 2 aliphatic heterocycles. The first-order valence-electron chi connectivity index (χ1n) is 7.88. The molecule has 0 aliphatic carbocycles. The van der Waals surface area contributed by atoms with Gasteiger partial charge in [-0.05, 0) is 27.2 Å². The molecule has 0 bridgehead atoms. The van der Waals surface area contributed by atoms with Crippen LogP contribution in [0.4, 0.5) is 4.79 Å². The Hall–Kier alpha value is -1.34. The SMILES string of the molecule is CC(C)(C)OC(=O)N1CCN(C(=O)C2CCOC2)C(CN)C1. The summed E-state index contributed by atoms with van der Waals surface area (Å²) in [5.74, 6) is 0.0268. The van der Waals surface area contributed by atoms with E-state index in [0.717, 1.165) is 6.42 Å². The number of hydrogen-bond donors (Lipinski definition) is 1. The minimum Gasteiger partial charge on any atom is -0.444 e. The predicted molar refractivity (Wildman–Crippen MR) is 81.3 cm³/mol. The van der Waals surface area contributed by atoms with Crippen LogP contribution in [-0.2, 0) is 14.3 Å². The van der Waals surface area contributed by atoms with Crippen molar-refractivity contribution in [3.8, 4) is 0 Å². The standard InChI is InChI=1S/C15H27N3O4/c1-15(2,3)22-14(20)17-5-6-18(12(8-16)9-17)13(19)11-4-7-21-10-11/h11-12H,4-10,16H2,1-3H3. The van der Waals surface area contributed by atoms with Crippen LogP contribution in [0.5, 0.6) is 0 Å². The van der Waals surface area contributed by atoms with Crippen LogP contribution in [0, 0.1) is 5.92 Å². The van der Waals surface area contributed by atoms with Gasteiger partial charge in [0.1, 0.15) is 5.60 Å². The lowest BCUT2D eigenvalue weighted by Gasteiger charge is -2.42. The molecule has 2 rings (SSSR count). The number of nitrogens with zero attached hydrogens (tertiary/aromatic N) is 2. The molecule has 2 aliphatic rings. The average Bonchev–Trinajstić information content (AvgIpc) is 2.98. The number of carbonyl (C=O) groups excluding carboxylic acids is 2. The third kappa shape index (κ3) is 4.10. The highest BCUT2D eigenvalue weighted by atomic mass is 16.6. The molecule has 7 heteroatoms. The highest BCUT2D eigenvalue weighted by Crippen LogP contribution is 2.20. The van der Waals surface area contributed by atoms with Crippen molar-refractivity contribution in [1.82, 2.24) is 9.80 Å². The van der Waals surface area contributed by atoms with Crippen LogP contribution in [0.2, 0.25) is 0 Å². The summed E-state index contributed by atoms with van der Waals surface area (Å²) in [6, 6.07) is -0.158. The molecule has 0 spiro atoms. The molecule has 2 saturated heterocycles. The molecule has 7 nitrogen and oxygen atoms in total. The Morgan fingerprint density at radius 1 is 1.32 bits per heavy atom. The molecular formula is C15H27N3O4. The van der Waals surface area contributed by atoms with Crippen LogP contribution in [0.3, 0.4) is 0 Å². The zero-order valence-electron chi connectivity index (χ0n) is 13.7. The fourth-order valence-corrected chi connectivity index (χ4v) is 2.80. The fraction of sp³-hybridized carbons (Fsp3) is 0.867. The normalized spacial score (nSPS) is 26.2. The maximum atomic E-state index is 12.5. The minimum atomic E-state index is -0.524. The summed E-state index contributed by atoms with van der Waals surface area (Å²) in [6.45, 7) is 8.37. The summed E-state index contributed by atoms with van der Waals surface area (Å²) in [7, 11) is 0. The molecule has 22 heavy (non-hydrogen) atoms. The summed E-state index contributed by atoms with van der Waals surface area (Å²) < 4.78 is 10.7. The summed E-state index contributed by atoms with van der Waals surface area (Å²) in [5.41, 5.74) is 5.29. The number of ether oxygens (including phenoxy) is 2. The highest BCUT2D eigenvalue weighted by molar-refractivity contribution is 5.80. The Morgan fingerprint density at radius 2 is 2.05 bits per heavy atom. The Balaban J connectivity index is 1.96. The number of carbonyl (C=O) groups is 2. The van der Waals surface area contributed by atoms with Gasteiger partial charge in [0.05, 0.1) is 18.6 Å². The zero-order chi connectivity index (χ0) is 16.3. The third-order valence-corrected chi connectivity index (χ3v) is 3.97. The van der Waals surface area contributed by atoms with E-state index in [2.05, 4.69) is 0 Å². The summed E-state index contributed by atoms with van der Waals surface area (Å²) in [5, 5.41) is 0. The summed E-state index contributed by atoms with van der Waals surface area (Å²) >= 11 is 0. The number of amides is 2. The predicted octanol–water partition coefficient (Wildman–Crippen LogP) is 0.430. The monoisotopic (exact) mass is 313 g/mol. The second-order valence-electron chi connectivity index (χ2n) is 6.91. The van der Waals surface area contributed by atoms with Crippen molar-refractivity contribution in [3.63, 3.8) is 0 Å². The van der Waals surface area contributed by atoms with Gasteiger partial charge < -0.3 is 25.0 Å². The molecule has 0 aromatic rings. The van der Waals surface area contributed by atoms with Crippen molar-refractivity contribution in [3.05, 3.63) is 0 Å². The van der Waals surface area contributed by atoms with E-state index in [1.807, 2.05) is 20.8 Å². The van der Waals surface area contributed by atoms with Crippen molar-refractivity contribution < 1.29 is 19.1 Å². The van der Waals surface area contributed by atoms with Crippen molar-refractivity contribution >= 4 is 12.0 Å². The van der Waals surface area contributed by atoms with Gasteiger partial charge in [-0.2, -0.15) is 0 Å². The molecule has 0 aromatic carbocycles. The summed E-state index contributed by atoms with van der Waals surface area (Å²) in [4.78, 5) is 28.1. The highest BCUT2D eigenvalue weighted by Gasteiger charge is 2.37. The first kappa shape index (κ1) is 17.0. The molecule has 0 saturated carbocycles. The van der Waals surface area contributed by atoms with Crippen LogP contribution in [0.15, 0.2) is 0 Å². The van der Waals surface area contributed by atoms with Gasteiger partial charge in [0, 0.05) is 32.8 Å². The van der Waals surface area contributed by atoms with Crippen molar-refractivity contribution in [2.45, 2.75) is 38.8 Å². The maximum absolute atomic E-state index is 12.5. The number of piperazine rings is 1. The van der Waals surface area contributed by atoms with Crippen LogP contribution < -0.4 is 5.73 Å². The first-order chi connectivity index (χ1) is 10.3. The lowest BCUT2D eigenvalue weighted by Crippen LogP contribution is -2.60. The lowest BCUT2D eigenvalue weighted by molar-refractivity contribution is -0.140. The number of nitrogens with two attached hydrogens (primary N) is 1. The van der Waals surface area contributed by atoms with Gasteiger partial charge in [-0.1, -0.05) is 0 Å². The van der Waals surface area contributed by atoms with Crippen molar-refractivity contribution in [2.24, 2.45) is 11.7 Å². The van der Waals surface area contributed by atoms with Crippen molar-refractivity contribution in [2.75, 3.05) is 39.4 Å². The molecule has 2 unspecified atom stereocenters. The number of rotatable bonds is 2. The van der Waals surface area contributed by atoms with Gasteiger partial charge in [-0.25, -0.2) is 4.79 Å².